The van der Waals surface area contributed by atoms with E-state index in [2.05, 4.69) is 26.6 Å². The van der Waals surface area contributed by atoms with Crippen molar-refractivity contribution in [3.63, 3.8) is 0 Å². The van der Waals surface area contributed by atoms with Crippen molar-refractivity contribution in [3.05, 3.63) is 92.4 Å². The van der Waals surface area contributed by atoms with E-state index >= 15 is 0 Å². The van der Waals surface area contributed by atoms with Gasteiger partial charge in [-0.15, -0.1) is 0 Å². The molecule has 2 N–H and O–H groups in total. The highest BCUT2D eigenvalue weighted by atomic mass is 79.9. The second-order valence-corrected chi connectivity index (χ2v) is 12.2. The predicted octanol–water partition coefficient (Wildman–Crippen LogP) is 6.90. The standard InChI is InChI=1S/C30H29BrClF2N3O3/c1-29(2,3)28(40)35-15-19-4-10-24(32)22(13-19)26(38)14-18-5-11-25(37-16-30(33,34)17-37)23(12-18)27(39)36-21-8-6-20(31)7-9-21/h4-13H,14-17H2,1-3H3,(H,35,40)(H,36,39). The second kappa shape index (κ2) is 11.7. The molecule has 10 heteroatoms. The molecule has 1 aliphatic rings. The van der Waals surface area contributed by atoms with E-state index in [0.29, 0.717) is 22.5 Å². The maximum Gasteiger partial charge on any atom is 0.282 e. The van der Waals surface area contributed by atoms with Gasteiger partial charge in [-0.05, 0) is 59.7 Å². The largest absolute Gasteiger partial charge is 0.359 e. The molecule has 3 aromatic carbocycles. The molecule has 0 radical (unpaired) electrons. The molecule has 2 amide bonds. The zero-order valence-electron chi connectivity index (χ0n) is 22.3. The Morgan fingerprint density at radius 2 is 1.57 bits per heavy atom. The maximum absolute atomic E-state index is 13.6. The molecule has 0 saturated carbocycles. The highest BCUT2D eigenvalue weighted by molar-refractivity contribution is 9.10. The van der Waals surface area contributed by atoms with Crippen LogP contribution in [-0.2, 0) is 17.8 Å². The molecule has 0 aliphatic carbocycles. The van der Waals surface area contributed by atoms with Crippen LogP contribution in [0.25, 0.3) is 0 Å². The first-order valence-corrected chi connectivity index (χ1v) is 13.8. The summed E-state index contributed by atoms with van der Waals surface area (Å²) in [4.78, 5) is 40.2. The summed E-state index contributed by atoms with van der Waals surface area (Å²) in [5.41, 5.74) is 2.08. The fourth-order valence-corrected chi connectivity index (χ4v) is 4.68. The number of benzene rings is 3. The lowest BCUT2D eigenvalue weighted by molar-refractivity contribution is -0.128. The Kier molecular flexibility index (Phi) is 8.66. The molecular formula is C30H29BrClF2N3O3. The van der Waals surface area contributed by atoms with Crippen LogP contribution in [0.5, 0.6) is 0 Å². The summed E-state index contributed by atoms with van der Waals surface area (Å²) < 4.78 is 28.1. The van der Waals surface area contributed by atoms with Gasteiger partial charge in [0.15, 0.2) is 5.78 Å². The lowest BCUT2D eigenvalue weighted by Gasteiger charge is -2.41. The third-order valence-corrected chi connectivity index (χ3v) is 7.28. The minimum Gasteiger partial charge on any atom is -0.359 e. The smallest absolute Gasteiger partial charge is 0.282 e. The van der Waals surface area contributed by atoms with Gasteiger partial charge in [0, 0.05) is 39.8 Å². The van der Waals surface area contributed by atoms with Crippen LogP contribution >= 0.6 is 27.5 Å². The van der Waals surface area contributed by atoms with Crippen LogP contribution in [0.15, 0.2) is 65.1 Å². The number of amides is 2. The first-order chi connectivity index (χ1) is 18.7. The highest BCUT2D eigenvalue weighted by Gasteiger charge is 2.45. The zero-order chi connectivity index (χ0) is 29.2. The lowest BCUT2D eigenvalue weighted by Crippen LogP contribution is -2.56. The topological polar surface area (TPSA) is 78.5 Å². The first kappa shape index (κ1) is 29.7. The van der Waals surface area contributed by atoms with E-state index in [1.54, 1.807) is 60.7 Å². The summed E-state index contributed by atoms with van der Waals surface area (Å²) in [5, 5.41) is 5.92. The Hall–Kier alpha value is -3.30. The van der Waals surface area contributed by atoms with Crippen LogP contribution in [0, 0.1) is 5.41 Å². The van der Waals surface area contributed by atoms with Crippen molar-refractivity contribution in [1.29, 1.82) is 0 Å². The molecule has 0 atom stereocenters. The van der Waals surface area contributed by atoms with Crippen molar-refractivity contribution >= 4 is 56.5 Å². The number of rotatable bonds is 8. The Bertz CT molecular complexity index is 1450. The highest BCUT2D eigenvalue weighted by Crippen LogP contribution is 2.35. The van der Waals surface area contributed by atoms with Gasteiger partial charge in [-0.1, -0.05) is 60.4 Å². The van der Waals surface area contributed by atoms with E-state index in [9.17, 15) is 23.2 Å². The second-order valence-electron chi connectivity index (χ2n) is 10.9. The van der Waals surface area contributed by atoms with Crippen LogP contribution in [0.1, 0.15) is 52.6 Å². The zero-order valence-corrected chi connectivity index (χ0v) is 24.6. The molecule has 1 saturated heterocycles. The molecule has 0 unspecified atom stereocenters. The number of carbonyl (C=O) groups is 3. The number of carbonyl (C=O) groups excluding carboxylic acids is 3. The summed E-state index contributed by atoms with van der Waals surface area (Å²) in [7, 11) is 0. The third kappa shape index (κ3) is 7.26. The molecule has 1 heterocycles. The van der Waals surface area contributed by atoms with Gasteiger partial charge >= 0.3 is 0 Å². The SMILES string of the molecule is CC(C)(C)C(=O)NCc1ccc(Cl)c(C(=O)Cc2ccc(N3CC(F)(F)C3)c(C(=O)Nc3ccc(Br)cc3)c2)c1. The lowest BCUT2D eigenvalue weighted by atomic mass is 9.95. The van der Waals surface area contributed by atoms with Crippen molar-refractivity contribution in [1.82, 2.24) is 5.32 Å². The monoisotopic (exact) mass is 631 g/mol. The van der Waals surface area contributed by atoms with Crippen molar-refractivity contribution in [2.45, 2.75) is 39.7 Å². The molecule has 1 aliphatic heterocycles. The van der Waals surface area contributed by atoms with Gasteiger partial charge in [-0.25, -0.2) is 8.78 Å². The normalized spacial score (nSPS) is 14.3. The molecule has 1 fully saturated rings. The Labute approximate surface area is 245 Å². The minimum absolute atomic E-state index is 0.0630. The number of nitrogens with one attached hydrogen (secondary N) is 2. The molecule has 4 rings (SSSR count). The van der Waals surface area contributed by atoms with E-state index in [1.165, 1.54) is 4.90 Å². The molecule has 40 heavy (non-hydrogen) atoms. The van der Waals surface area contributed by atoms with E-state index in [4.69, 9.17) is 11.6 Å². The molecule has 0 spiro atoms. The van der Waals surface area contributed by atoms with E-state index < -0.39 is 30.3 Å². The van der Waals surface area contributed by atoms with Gasteiger partial charge in [0.2, 0.25) is 5.91 Å². The molecule has 3 aromatic rings. The molecule has 6 nitrogen and oxygen atoms in total. The summed E-state index contributed by atoms with van der Waals surface area (Å²) in [6.07, 6.45) is -0.0630. The van der Waals surface area contributed by atoms with Crippen molar-refractivity contribution in [2.24, 2.45) is 5.41 Å². The number of hydrogen-bond donors (Lipinski definition) is 2. The van der Waals surface area contributed by atoms with Crippen LogP contribution in [0.2, 0.25) is 5.02 Å². The predicted molar refractivity (Wildman–Crippen MR) is 156 cm³/mol. The molecular weight excluding hydrogens is 604 g/mol. The summed E-state index contributed by atoms with van der Waals surface area (Å²) >= 11 is 9.69. The number of hydrogen-bond acceptors (Lipinski definition) is 4. The summed E-state index contributed by atoms with van der Waals surface area (Å²) in [6, 6.07) is 16.8. The average molecular weight is 633 g/mol. The quantitative estimate of drug-likeness (QED) is 0.265. The van der Waals surface area contributed by atoms with Gasteiger partial charge < -0.3 is 15.5 Å². The van der Waals surface area contributed by atoms with Gasteiger partial charge in [-0.2, -0.15) is 0 Å². The van der Waals surface area contributed by atoms with Crippen molar-refractivity contribution < 1.29 is 23.2 Å². The van der Waals surface area contributed by atoms with Gasteiger partial charge in [0.25, 0.3) is 11.8 Å². The average Bonchev–Trinajstić information content (AvgIpc) is 2.87. The van der Waals surface area contributed by atoms with Gasteiger partial charge in [0.1, 0.15) is 0 Å². The number of nitrogens with zero attached hydrogens (tertiary/aromatic N) is 1. The number of anilines is 2. The van der Waals surface area contributed by atoms with Gasteiger partial charge in [0.05, 0.1) is 23.7 Å². The number of alkyl halides is 2. The van der Waals surface area contributed by atoms with E-state index in [-0.39, 0.29) is 40.8 Å². The minimum atomic E-state index is -2.82. The van der Waals surface area contributed by atoms with Crippen LogP contribution < -0.4 is 15.5 Å². The molecule has 0 bridgehead atoms. The van der Waals surface area contributed by atoms with E-state index in [0.717, 1.165) is 4.47 Å². The van der Waals surface area contributed by atoms with Crippen LogP contribution in [0.3, 0.4) is 0 Å². The Balaban J connectivity index is 1.56. The maximum atomic E-state index is 13.6. The number of halogens is 4. The first-order valence-electron chi connectivity index (χ1n) is 12.6. The van der Waals surface area contributed by atoms with E-state index in [1.807, 2.05) is 20.8 Å². The Morgan fingerprint density at radius 3 is 2.20 bits per heavy atom. The molecule has 0 aromatic heterocycles. The Morgan fingerprint density at radius 1 is 0.950 bits per heavy atom. The van der Waals surface area contributed by atoms with Crippen LogP contribution in [0.4, 0.5) is 20.2 Å². The van der Waals surface area contributed by atoms with Crippen molar-refractivity contribution in [2.75, 3.05) is 23.3 Å². The number of Topliss-reactive ketones (excluding diaryl/α,β-unsaturated/α-hetero) is 1. The third-order valence-electron chi connectivity index (χ3n) is 6.42. The van der Waals surface area contributed by atoms with Crippen LogP contribution in [-0.4, -0.2) is 36.6 Å². The fourth-order valence-electron chi connectivity index (χ4n) is 4.19. The fraction of sp³-hybridized carbons (Fsp3) is 0.300. The van der Waals surface area contributed by atoms with Gasteiger partial charge in [-0.3, -0.25) is 14.4 Å². The summed E-state index contributed by atoms with van der Waals surface area (Å²) in [5.74, 6) is -3.69. The summed E-state index contributed by atoms with van der Waals surface area (Å²) in [6.45, 7) is 4.70. The number of ketones is 1. The van der Waals surface area contributed by atoms with Crippen molar-refractivity contribution in [3.8, 4) is 0 Å². The molecule has 210 valence electrons.